The maximum atomic E-state index is 6.16. The molecule has 1 aliphatic rings. The van der Waals surface area contributed by atoms with Crippen molar-refractivity contribution in [2.45, 2.75) is 38.3 Å². The van der Waals surface area contributed by atoms with Crippen LogP contribution >= 0.6 is 11.6 Å². The van der Waals surface area contributed by atoms with Crippen LogP contribution in [0.3, 0.4) is 0 Å². The van der Waals surface area contributed by atoms with E-state index in [0.29, 0.717) is 18.4 Å². The summed E-state index contributed by atoms with van der Waals surface area (Å²) < 4.78 is 5.23. The van der Waals surface area contributed by atoms with Gasteiger partial charge in [-0.1, -0.05) is 35.0 Å². The first-order valence-electron chi connectivity index (χ1n) is 6.54. The molecule has 0 aliphatic heterocycles. The van der Waals surface area contributed by atoms with Gasteiger partial charge in [0.15, 0.2) is 5.82 Å². The van der Waals surface area contributed by atoms with E-state index in [9.17, 15) is 0 Å². The van der Waals surface area contributed by atoms with E-state index in [1.54, 1.807) is 0 Å². The average molecular weight is 278 g/mol. The first kappa shape index (κ1) is 12.6. The second kappa shape index (κ2) is 5.31. The standard InChI is InChI=1S/C14H16ClN3O/c1-9(11-4-2-3-5-12(11)15)16-8-13-17-14(18-19-13)10-6-7-10/h2-5,9-10,16H,6-8H2,1H3/t9-/m0/s1. The highest BCUT2D eigenvalue weighted by Crippen LogP contribution is 2.38. The Labute approximate surface area is 117 Å². The third-order valence-electron chi connectivity index (χ3n) is 3.36. The van der Waals surface area contributed by atoms with Gasteiger partial charge in [0.25, 0.3) is 0 Å². The predicted octanol–water partition coefficient (Wildman–Crippen LogP) is 3.45. The minimum atomic E-state index is 0.143. The second-order valence-electron chi connectivity index (χ2n) is 4.94. The van der Waals surface area contributed by atoms with Crippen molar-refractivity contribution >= 4 is 11.6 Å². The van der Waals surface area contributed by atoms with E-state index in [2.05, 4.69) is 22.4 Å². The normalized spacial score (nSPS) is 16.5. The van der Waals surface area contributed by atoms with Crippen molar-refractivity contribution in [3.8, 4) is 0 Å². The second-order valence-corrected chi connectivity index (χ2v) is 5.35. The van der Waals surface area contributed by atoms with Crippen LogP contribution in [0.1, 0.15) is 49.0 Å². The van der Waals surface area contributed by atoms with Crippen molar-refractivity contribution in [1.82, 2.24) is 15.5 Å². The van der Waals surface area contributed by atoms with E-state index in [0.717, 1.165) is 16.4 Å². The monoisotopic (exact) mass is 277 g/mol. The first-order chi connectivity index (χ1) is 9.24. The van der Waals surface area contributed by atoms with Crippen LogP contribution in [0.25, 0.3) is 0 Å². The Morgan fingerprint density at radius 2 is 2.21 bits per heavy atom. The molecular formula is C14H16ClN3O. The van der Waals surface area contributed by atoms with Crippen LogP contribution in [-0.4, -0.2) is 10.1 Å². The van der Waals surface area contributed by atoms with Gasteiger partial charge in [0.1, 0.15) is 0 Å². The van der Waals surface area contributed by atoms with Crippen molar-refractivity contribution in [3.05, 3.63) is 46.6 Å². The van der Waals surface area contributed by atoms with Crippen LogP contribution in [0.15, 0.2) is 28.8 Å². The highest BCUT2D eigenvalue weighted by molar-refractivity contribution is 6.31. The van der Waals surface area contributed by atoms with Gasteiger partial charge in [-0.2, -0.15) is 4.98 Å². The zero-order valence-electron chi connectivity index (χ0n) is 10.8. The fourth-order valence-corrected chi connectivity index (χ4v) is 2.32. The summed E-state index contributed by atoms with van der Waals surface area (Å²) in [5, 5.41) is 8.11. The largest absolute Gasteiger partial charge is 0.338 e. The smallest absolute Gasteiger partial charge is 0.240 e. The van der Waals surface area contributed by atoms with Gasteiger partial charge in [-0.3, -0.25) is 0 Å². The van der Waals surface area contributed by atoms with Crippen LogP contribution in [0, 0.1) is 0 Å². The molecule has 100 valence electrons. The number of nitrogens with zero attached hydrogens (tertiary/aromatic N) is 2. The molecule has 1 atom stereocenters. The Kier molecular flexibility index (Phi) is 3.53. The Bertz CT molecular complexity index is 565. The lowest BCUT2D eigenvalue weighted by molar-refractivity contribution is 0.356. The van der Waals surface area contributed by atoms with E-state index >= 15 is 0 Å². The van der Waals surface area contributed by atoms with Crippen molar-refractivity contribution in [3.63, 3.8) is 0 Å². The average Bonchev–Trinajstić information content (AvgIpc) is 3.16. The van der Waals surface area contributed by atoms with E-state index in [-0.39, 0.29) is 6.04 Å². The number of nitrogens with one attached hydrogen (secondary N) is 1. The molecule has 1 N–H and O–H groups in total. The predicted molar refractivity (Wildman–Crippen MR) is 73.0 cm³/mol. The van der Waals surface area contributed by atoms with E-state index in [1.807, 2.05) is 24.3 Å². The molecule has 0 bridgehead atoms. The molecule has 0 saturated heterocycles. The van der Waals surface area contributed by atoms with Crippen molar-refractivity contribution in [2.24, 2.45) is 0 Å². The topological polar surface area (TPSA) is 51.0 Å². The maximum absolute atomic E-state index is 6.16. The summed E-state index contributed by atoms with van der Waals surface area (Å²) >= 11 is 6.16. The van der Waals surface area contributed by atoms with Crippen molar-refractivity contribution in [1.29, 1.82) is 0 Å². The molecular weight excluding hydrogens is 262 g/mol. The molecule has 4 nitrogen and oxygen atoms in total. The van der Waals surface area contributed by atoms with E-state index in [4.69, 9.17) is 16.1 Å². The van der Waals surface area contributed by atoms with Gasteiger partial charge in [0.2, 0.25) is 5.89 Å². The van der Waals surface area contributed by atoms with Crippen LogP contribution in [0.4, 0.5) is 0 Å². The summed E-state index contributed by atoms with van der Waals surface area (Å²) in [5.41, 5.74) is 1.08. The molecule has 2 aromatic rings. The Morgan fingerprint density at radius 1 is 1.42 bits per heavy atom. The molecule has 0 spiro atoms. The highest BCUT2D eigenvalue weighted by atomic mass is 35.5. The van der Waals surface area contributed by atoms with Crippen molar-refractivity contribution in [2.75, 3.05) is 0 Å². The number of halogens is 1. The molecule has 1 fully saturated rings. The Balaban J connectivity index is 1.60. The number of aromatic nitrogens is 2. The first-order valence-corrected chi connectivity index (χ1v) is 6.92. The van der Waals surface area contributed by atoms with Crippen molar-refractivity contribution < 1.29 is 4.52 Å². The van der Waals surface area contributed by atoms with E-state index < -0.39 is 0 Å². The highest BCUT2D eigenvalue weighted by Gasteiger charge is 2.28. The Hall–Kier alpha value is -1.39. The summed E-state index contributed by atoms with van der Waals surface area (Å²) in [7, 11) is 0. The number of hydrogen-bond acceptors (Lipinski definition) is 4. The number of hydrogen-bond donors (Lipinski definition) is 1. The SMILES string of the molecule is C[C@H](NCc1nc(C2CC2)no1)c1ccccc1Cl. The lowest BCUT2D eigenvalue weighted by Gasteiger charge is -2.13. The third-order valence-corrected chi connectivity index (χ3v) is 3.70. The molecule has 1 saturated carbocycles. The summed E-state index contributed by atoms with van der Waals surface area (Å²) in [6, 6.07) is 7.97. The lowest BCUT2D eigenvalue weighted by Crippen LogP contribution is -2.18. The zero-order valence-corrected chi connectivity index (χ0v) is 11.5. The minimum absolute atomic E-state index is 0.143. The van der Waals surface area contributed by atoms with Gasteiger partial charge in [-0.15, -0.1) is 0 Å². The summed E-state index contributed by atoms with van der Waals surface area (Å²) in [4.78, 5) is 4.39. The minimum Gasteiger partial charge on any atom is -0.338 e. The van der Waals surface area contributed by atoms with Gasteiger partial charge < -0.3 is 9.84 Å². The van der Waals surface area contributed by atoms with Gasteiger partial charge in [0.05, 0.1) is 6.54 Å². The molecule has 19 heavy (non-hydrogen) atoms. The molecule has 3 rings (SSSR count). The third kappa shape index (κ3) is 2.96. The lowest BCUT2D eigenvalue weighted by atomic mass is 10.1. The molecule has 0 unspecified atom stereocenters. The molecule has 1 aromatic heterocycles. The summed E-state index contributed by atoms with van der Waals surface area (Å²) in [5.74, 6) is 2.02. The van der Waals surface area contributed by atoms with Gasteiger partial charge in [0, 0.05) is 17.0 Å². The quantitative estimate of drug-likeness (QED) is 0.909. The molecule has 1 heterocycles. The molecule has 1 aliphatic carbocycles. The Morgan fingerprint density at radius 3 is 2.95 bits per heavy atom. The number of benzene rings is 1. The zero-order chi connectivity index (χ0) is 13.2. The van der Waals surface area contributed by atoms with E-state index in [1.165, 1.54) is 12.8 Å². The van der Waals surface area contributed by atoms with Gasteiger partial charge in [-0.25, -0.2) is 0 Å². The van der Waals surface area contributed by atoms with Crippen LogP contribution in [0.2, 0.25) is 5.02 Å². The number of rotatable bonds is 5. The molecule has 0 amide bonds. The maximum Gasteiger partial charge on any atom is 0.240 e. The van der Waals surface area contributed by atoms with Crippen LogP contribution in [-0.2, 0) is 6.54 Å². The van der Waals surface area contributed by atoms with Gasteiger partial charge >= 0.3 is 0 Å². The summed E-state index contributed by atoms with van der Waals surface area (Å²) in [6.07, 6.45) is 2.37. The van der Waals surface area contributed by atoms with Crippen LogP contribution < -0.4 is 5.32 Å². The summed E-state index contributed by atoms with van der Waals surface area (Å²) in [6.45, 7) is 2.63. The molecule has 0 radical (unpaired) electrons. The van der Waals surface area contributed by atoms with Gasteiger partial charge in [-0.05, 0) is 31.4 Å². The molecule has 1 aromatic carbocycles. The fraction of sp³-hybridized carbons (Fsp3) is 0.429. The molecule has 5 heteroatoms. The fourth-order valence-electron chi connectivity index (χ4n) is 2.02. The van der Waals surface area contributed by atoms with Crippen LogP contribution in [0.5, 0.6) is 0 Å².